The number of hydrogen-bond acceptors (Lipinski definition) is 2. The van der Waals surface area contributed by atoms with E-state index in [-0.39, 0.29) is 12.5 Å². The molecule has 0 saturated heterocycles. The van der Waals surface area contributed by atoms with Crippen LogP contribution in [0, 0.1) is 11.8 Å². The summed E-state index contributed by atoms with van der Waals surface area (Å²) in [5.41, 5.74) is 1.28. The second-order valence-electron chi connectivity index (χ2n) is 3.89. The van der Waals surface area contributed by atoms with Gasteiger partial charge in [-0.3, -0.25) is 4.79 Å². The highest BCUT2D eigenvalue weighted by Gasteiger charge is 2.15. The molecule has 0 spiro atoms. The normalized spacial score (nSPS) is 9.50. The van der Waals surface area contributed by atoms with Gasteiger partial charge in [0.2, 0.25) is 0 Å². The van der Waals surface area contributed by atoms with Crippen LogP contribution in [-0.4, -0.2) is 35.6 Å². The molecule has 3 nitrogen and oxygen atoms in total. The first-order valence-electron chi connectivity index (χ1n) is 6.22. The van der Waals surface area contributed by atoms with Crippen LogP contribution in [0.5, 0.6) is 0 Å². The molecular weight excluding hydrogens is 226 g/mol. The van der Waals surface area contributed by atoms with Crippen molar-refractivity contribution in [1.29, 1.82) is 0 Å². The molecule has 1 aromatic rings. The van der Waals surface area contributed by atoms with Gasteiger partial charge in [-0.2, -0.15) is 0 Å². The number of carbonyl (C=O) groups excluding carboxylic acids is 1. The number of aliphatic hydroxyl groups is 1. The molecule has 1 amide bonds. The molecule has 0 heterocycles. The highest BCUT2D eigenvalue weighted by molar-refractivity contribution is 5.96. The monoisotopic (exact) mass is 245 g/mol. The quantitative estimate of drug-likeness (QED) is 0.823. The number of hydrogen-bond donors (Lipinski definition) is 1. The molecule has 0 bridgehead atoms. The van der Waals surface area contributed by atoms with Gasteiger partial charge in [-0.25, -0.2) is 0 Å². The Labute approximate surface area is 108 Å². The summed E-state index contributed by atoms with van der Waals surface area (Å²) < 4.78 is 0. The highest BCUT2D eigenvalue weighted by Crippen LogP contribution is 2.11. The maximum absolute atomic E-state index is 12.3. The summed E-state index contributed by atoms with van der Waals surface area (Å²) in [7, 11) is 0. The second kappa shape index (κ2) is 7.52. The maximum atomic E-state index is 12.3. The first-order chi connectivity index (χ1) is 8.74. The van der Waals surface area contributed by atoms with E-state index in [1.165, 1.54) is 0 Å². The zero-order valence-electron chi connectivity index (χ0n) is 10.9. The van der Waals surface area contributed by atoms with Gasteiger partial charge in [0.25, 0.3) is 5.91 Å². The van der Waals surface area contributed by atoms with Gasteiger partial charge >= 0.3 is 0 Å². The van der Waals surface area contributed by atoms with Crippen molar-refractivity contribution in [3.63, 3.8) is 0 Å². The van der Waals surface area contributed by atoms with Gasteiger partial charge in [0, 0.05) is 18.7 Å². The summed E-state index contributed by atoms with van der Waals surface area (Å²) in [6.45, 7) is 5.25. The molecule has 3 heteroatoms. The summed E-state index contributed by atoms with van der Waals surface area (Å²) in [6, 6.07) is 7.25. The van der Waals surface area contributed by atoms with E-state index >= 15 is 0 Å². The second-order valence-corrected chi connectivity index (χ2v) is 3.89. The van der Waals surface area contributed by atoms with Crippen LogP contribution in [0.1, 0.15) is 36.2 Å². The first-order valence-corrected chi connectivity index (χ1v) is 6.22. The molecule has 0 saturated carbocycles. The molecule has 0 unspecified atom stereocenters. The molecule has 0 aromatic heterocycles. The summed E-state index contributed by atoms with van der Waals surface area (Å²) >= 11 is 0. The van der Waals surface area contributed by atoms with Gasteiger partial charge in [-0.15, -0.1) is 0 Å². The minimum atomic E-state index is -0.199. The van der Waals surface area contributed by atoms with Gasteiger partial charge in [0.05, 0.1) is 5.56 Å². The summed E-state index contributed by atoms with van der Waals surface area (Å²) in [5, 5.41) is 8.73. The Morgan fingerprint density at radius 2 is 2.06 bits per heavy atom. The smallest absolute Gasteiger partial charge is 0.255 e. The Kier molecular flexibility index (Phi) is 5.96. The summed E-state index contributed by atoms with van der Waals surface area (Å²) in [4.78, 5) is 14.2. The van der Waals surface area contributed by atoms with Crippen molar-refractivity contribution < 1.29 is 9.90 Å². The lowest BCUT2D eigenvalue weighted by molar-refractivity contribution is 0.0764. The standard InChI is InChI=1S/C15H19NO2/c1-3-11-16(4-2)15(18)14-10-6-5-8-13(14)9-7-12-17/h5-6,8,10,17H,3-4,11-12H2,1-2H3. The van der Waals surface area contributed by atoms with E-state index in [9.17, 15) is 4.79 Å². The molecule has 1 rings (SSSR count). The van der Waals surface area contributed by atoms with Crippen LogP contribution >= 0.6 is 0 Å². The zero-order valence-corrected chi connectivity index (χ0v) is 10.9. The molecular formula is C15H19NO2. The molecule has 1 aromatic carbocycles. The molecule has 0 aliphatic carbocycles. The largest absolute Gasteiger partial charge is 0.384 e. The topological polar surface area (TPSA) is 40.5 Å². The van der Waals surface area contributed by atoms with Crippen molar-refractivity contribution in [2.45, 2.75) is 20.3 Å². The Hall–Kier alpha value is -1.79. The van der Waals surface area contributed by atoms with Crippen molar-refractivity contribution in [1.82, 2.24) is 4.90 Å². The van der Waals surface area contributed by atoms with Crippen LogP contribution in [-0.2, 0) is 0 Å². The molecule has 0 aliphatic heterocycles. The van der Waals surface area contributed by atoms with E-state index in [4.69, 9.17) is 5.11 Å². The molecule has 0 atom stereocenters. The van der Waals surface area contributed by atoms with E-state index in [2.05, 4.69) is 11.8 Å². The zero-order chi connectivity index (χ0) is 13.4. The van der Waals surface area contributed by atoms with Crippen LogP contribution in [0.4, 0.5) is 0 Å². The minimum Gasteiger partial charge on any atom is -0.384 e. The SMILES string of the molecule is CCCN(CC)C(=O)c1ccccc1C#CCO. The van der Waals surface area contributed by atoms with Gasteiger partial charge in [0.15, 0.2) is 0 Å². The lowest BCUT2D eigenvalue weighted by Crippen LogP contribution is -2.32. The Morgan fingerprint density at radius 1 is 1.33 bits per heavy atom. The molecule has 0 radical (unpaired) electrons. The van der Waals surface area contributed by atoms with Gasteiger partial charge < -0.3 is 10.0 Å². The number of carbonyl (C=O) groups is 1. The lowest BCUT2D eigenvalue weighted by atomic mass is 10.1. The number of nitrogens with zero attached hydrogens (tertiary/aromatic N) is 1. The van der Waals surface area contributed by atoms with Gasteiger partial charge in [0.1, 0.15) is 6.61 Å². The maximum Gasteiger partial charge on any atom is 0.255 e. The Balaban J connectivity index is 3.04. The average molecular weight is 245 g/mol. The predicted octanol–water partition coefficient (Wildman–Crippen LogP) is 1.90. The third-order valence-corrected chi connectivity index (χ3v) is 2.62. The van der Waals surface area contributed by atoms with E-state index < -0.39 is 0 Å². The average Bonchev–Trinajstić information content (AvgIpc) is 2.42. The first kappa shape index (κ1) is 14.3. The fraction of sp³-hybridized carbons (Fsp3) is 0.400. The van der Waals surface area contributed by atoms with Crippen LogP contribution in [0.3, 0.4) is 0 Å². The van der Waals surface area contributed by atoms with Crippen molar-refractivity contribution >= 4 is 5.91 Å². The van der Waals surface area contributed by atoms with Crippen LogP contribution in [0.2, 0.25) is 0 Å². The molecule has 0 fully saturated rings. The highest BCUT2D eigenvalue weighted by atomic mass is 16.2. The predicted molar refractivity (Wildman–Crippen MR) is 72.3 cm³/mol. The Morgan fingerprint density at radius 3 is 2.67 bits per heavy atom. The van der Waals surface area contributed by atoms with Crippen LogP contribution < -0.4 is 0 Å². The number of rotatable bonds is 4. The fourth-order valence-corrected chi connectivity index (χ4v) is 1.76. The van der Waals surface area contributed by atoms with Crippen molar-refractivity contribution in [3.05, 3.63) is 35.4 Å². The van der Waals surface area contributed by atoms with Crippen LogP contribution in [0.15, 0.2) is 24.3 Å². The third-order valence-electron chi connectivity index (χ3n) is 2.62. The minimum absolute atomic E-state index is 0.00203. The molecule has 0 aliphatic rings. The summed E-state index contributed by atoms with van der Waals surface area (Å²) in [5.74, 6) is 5.40. The third kappa shape index (κ3) is 3.61. The Bertz CT molecular complexity index is 457. The molecule has 96 valence electrons. The van der Waals surface area contributed by atoms with E-state index in [1.807, 2.05) is 26.0 Å². The van der Waals surface area contributed by atoms with Crippen molar-refractivity contribution in [2.75, 3.05) is 19.7 Å². The van der Waals surface area contributed by atoms with E-state index in [0.717, 1.165) is 13.0 Å². The molecule has 1 N–H and O–H groups in total. The van der Waals surface area contributed by atoms with E-state index in [0.29, 0.717) is 17.7 Å². The fourth-order valence-electron chi connectivity index (χ4n) is 1.76. The molecule has 18 heavy (non-hydrogen) atoms. The van der Waals surface area contributed by atoms with Gasteiger partial charge in [-0.1, -0.05) is 30.9 Å². The van der Waals surface area contributed by atoms with Crippen molar-refractivity contribution in [3.8, 4) is 11.8 Å². The number of aliphatic hydroxyl groups excluding tert-OH is 1. The number of benzene rings is 1. The lowest BCUT2D eigenvalue weighted by Gasteiger charge is -2.20. The van der Waals surface area contributed by atoms with Gasteiger partial charge in [-0.05, 0) is 25.5 Å². The van der Waals surface area contributed by atoms with E-state index in [1.54, 1.807) is 17.0 Å². The van der Waals surface area contributed by atoms with Crippen LogP contribution in [0.25, 0.3) is 0 Å². The summed E-state index contributed by atoms with van der Waals surface area (Å²) in [6.07, 6.45) is 0.935. The number of amides is 1. The van der Waals surface area contributed by atoms with Crippen molar-refractivity contribution in [2.24, 2.45) is 0 Å².